The lowest BCUT2D eigenvalue weighted by Gasteiger charge is -2.26. The van der Waals surface area contributed by atoms with Crippen LogP contribution in [-0.2, 0) is 10.9 Å². The number of halogens is 3. The van der Waals surface area contributed by atoms with Crippen molar-refractivity contribution in [3.8, 4) is 0 Å². The van der Waals surface area contributed by atoms with Gasteiger partial charge in [-0.15, -0.1) is 0 Å². The largest absolute Gasteiger partial charge is 0.416 e. The lowest BCUT2D eigenvalue weighted by atomic mass is 10.1. The molecule has 1 amide bonds. The number of hydrogen-bond donors (Lipinski definition) is 1. The summed E-state index contributed by atoms with van der Waals surface area (Å²) in [6.45, 7) is 2.60. The summed E-state index contributed by atoms with van der Waals surface area (Å²) in [5, 5.41) is 2.56. The topological polar surface area (TPSA) is 67.4 Å². The molecule has 0 unspecified atom stereocenters. The molecule has 1 saturated heterocycles. The number of nitrogens with zero attached hydrogens (tertiary/aromatic N) is 3. The second-order valence-electron chi connectivity index (χ2n) is 5.40. The maximum Gasteiger partial charge on any atom is 0.416 e. The SMILES string of the molecule is O=C(Nc1cnc(N2CCOCC2)nc1)c1ccc(C(F)(F)F)cc1. The smallest absolute Gasteiger partial charge is 0.378 e. The molecule has 0 radical (unpaired) electrons. The predicted octanol–water partition coefficient (Wildman–Crippen LogP) is 2.58. The monoisotopic (exact) mass is 352 g/mol. The molecule has 0 aliphatic carbocycles. The van der Waals surface area contributed by atoms with Crippen molar-refractivity contribution >= 4 is 17.5 Å². The van der Waals surface area contributed by atoms with E-state index in [0.29, 0.717) is 37.9 Å². The normalized spacial score (nSPS) is 15.1. The minimum atomic E-state index is -4.43. The van der Waals surface area contributed by atoms with E-state index in [1.54, 1.807) is 0 Å². The predicted molar refractivity (Wildman–Crippen MR) is 84.5 cm³/mol. The van der Waals surface area contributed by atoms with Gasteiger partial charge in [0, 0.05) is 18.7 Å². The summed E-state index contributed by atoms with van der Waals surface area (Å²) in [6, 6.07) is 3.99. The molecule has 1 fully saturated rings. The van der Waals surface area contributed by atoms with Crippen LogP contribution in [0, 0.1) is 0 Å². The maximum absolute atomic E-state index is 12.5. The molecule has 1 N–H and O–H groups in total. The van der Waals surface area contributed by atoms with Gasteiger partial charge in [0.05, 0.1) is 36.9 Å². The third-order valence-corrected chi connectivity index (χ3v) is 3.66. The molecule has 0 spiro atoms. The van der Waals surface area contributed by atoms with Crippen LogP contribution in [0.1, 0.15) is 15.9 Å². The number of aromatic nitrogens is 2. The van der Waals surface area contributed by atoms with Gasteiger partial charge in [0.25, 0.3) is 5.91 Å². The number of nitrogens with one attached hydrogen (secondary N) is 1. The molecule has 1 aliphatic rings. The highest BCUT2D eigenvalue weighted by Gasteiger charge is 2.30. The second kappa shape index (κ2) is 7.06. The Balaban J connectivity index is 1.64. The lowest BCUT2D eigenvalue weighted by Crippen LogP contribution is -2.37. The second-order valence-corrected chi connectivity index (χ2v) is 5.40. The van der Waals surface area contributed by atoms with Crippen molar-refractivity contribution in [1.29, 1.82) is 0 Å². The minimum Gasteiger partial charge on any atom is -0.378 e. The average molecular weight is 352 g/mol. The van der Waals surface area contributed by atoms with Crippen LogP contribution >= 0.6 is 0 Å². The Morgan fingerprint density at radius 2 is 1.68 bits per heavy atom. The van der Waals surface area contributed by atoms with Crippen LogP contribution in [0.5, 0.6) is 0 Å². The van der Waals surface area contributed by atoms with Crippen LogP contribution in [-0.4, -0.2) is 42.2 Å². The van der Waals surface area contributed by atoms with Gasteiger partial charge in [-0.05, 0) is 24.3 Å². The van der Waals surface area contributed by atoms with E-state index in [1.165, 1.54) is 12.4 Å². The summed E-state index contributed by atoms with van der Waals surface area (Å²) in [5.41, 5.74) is -0.325. The molecular weight excluding hydrogens is 337 g/mol. The van der Waals surface area contributed by atoms with Crippen molar-refractivity contribution in [3.63, 3.8) is 0 Å². The summed E-state index contributed by atoms with van der Waals surface area (Å²) in [5.74, 6) is 0.00674. The fourth-order valence-electron chi connectivity index (χ4n) is 2.33. The molecule has 2 aromatic rings. The van der Waals surface area contributed by atoms with E-state index in [9.17, 15) is 18.0 Å². The fraction of sp³-hybridized carbons (Fsp3) is 0.312. The number of carbonyl (C=O) groups is 1. The maximum atomic E-state index is 12.5. The molecule has 9 heteroatoms. The number of alkyl halides is 3. The highest BCUT2D eigenvalue weighted by Crippen LogP contribution is 2.29. The van der Waals surface area contributed by atoms with Crippen LogP contribution in [0.15, 0.2) is 36.7 Å². The molecular formula is C16H15F3N4O2. The standard InChI is InChI=1S/C16H15F3N4O2/c17-16(18,19)12-3-1-11(2-4-12)14(24)22-13-9-20-15(21-10-13)23-5-7-25-8-6-23/h1-4,9-10H,5-8H2,(H,22,24). The van der Waals surface area contributed by atoms with E-state index in [-0.39, 0.29) is 5.56 Å². The van der Waals surface area contributed by atoms with Crippen molar-refractivity contribution in [2.75, 3.05) is 36.5 Å². The third kappa shape index (κ3) is 4.24. The molecule has 1 aromatic heterocycles. The number of morpholine rings is 1. The van der Waals surface area contributed by atoms with Gasteiger partial charge in [-0.2, -0.15) is 13.2 Å². The van der Waals surface area contributed by atoms with Crippen LogP contribution in [0.4, 0.5) is 24.8 Å². The van der Waals surface area contributed by atoms with Gasteiger partial charge in [0.2, 0.25) is 5.95 Å². The fourth-order valence-corrected chi connectivity index (χ4v) is 2.33. The Morgan fingerprint density at radius 3 is 2.24 bits per heavy atom. The number of benzene rings is 1. The molecule has 0 saturated carbocycles. The number of anilines is 2. The number of ether oxygens (including phenoxy) is 1. The van der Waals surface area contributed by atoms with Crippen molar-refractivity contribution in [2.24, 2.45) is 0 Å². The van der Waals surface area contributed by atoms with Crippen molar-refractivity contribution in [1.82, 2.24) is 9.97 Å². The first-order valence-corrected chi connectivity index (χ1v) is 7.57. The average Bonchev–Trinajstić information content (AvgIpc) is 2.62. The van der Waals surface area contributed by atoms with E-state index in [0.717, 1.165) is 24.3 Å². The van der Waals surface area contributed by atoms with Crippen molar-refractivity contribution in [2.45, 2.75) is 6.18 Å². The van der Waals surface area contributed by atoms with Crippen molar-refractivity contribution < 1.29 is 22.7 Å². The first-order chi connectivity index (χ1) is 11.9. The number of carbonyl (C=O) groups excluding carboxylic acids is 1. The van der Waals surface area contributed by atoms with E-state index in [1.807, 2.05) is 4.90 Å². The molecule has 0 bridgehead atoms. The van der Waals surface area contributed by atoms with Crippen molar-refractivity contribution in [3.05, 3.63) is 47.8 Å². The van der Waals surface area contributed by atoms with Crippen LogP contribution < -0.4 is 10.2 Å². The van der Waals surface area contributed by atoms with Crippen LogP contribution in [0.25, 0.3) is 0 Å². The Bertz CT molecular complexity index is 727. The Morgan fingerprint density at radius 1 is 1.08 bits per heavy atom. The first kappa shape index (κ1) is 17.2. The quantitative estimate of drug-likeness (QED) is 0.920. The molecule has 6 nitrogen and oxygen atoms in total. The summed E-state index contributed by atoms with van der Waals surface area (Å²) >= 11 is 0. The molecule has 0 atom stereocenters. The van der Waals surface area contributed by atoms with Gasteiger partial charge in [-0.1, -0.05) is 0 Å². The number of amides is 1. The number of rotatable bonds is 3. The molecule has 1 aliphatic heterocycles. The zero-order valence-electron chi connectivity index (χ0n) is 13.1. The molecule has 132 valence electrons. The Hall–Kier alpha value is -2.68. The van der Waals surface area contributed by atoms with E-state index < -0.39 is 17.6 Å². The zero-order chi connectivity index (χ0) is 17.9. The highest BCUT2D eigenvalue weighted by atomic mass is 19.4. The first-order valence-electron chi connectivity index (χ1n) is 7.57. The van der Waals surface area contributed by atoms with E-state index in [4.69, 9.17) is 4.74 Å². The Labute approximate surface area is 141 Å². The molecule has 3 rings (SSSR count). The van der Waals surface area contributed by atoms with E-state index in [2.05, 4.69) is 15.3 Å². The molecule has 2 heterocycles. The van der Waals surface area contributed by atoms with E-state index >= 15 is 0 Å². The Kier molecular flexibility index (Phi) is 4.84. The summed E-state index contributed by atoms with van der Waals surface area (Å²) in [4.78, 5) is 22.4. The van der Waals surface area contributed by atoms with Crippen LogP contribution in [0.3, 0.4) is 0 Å². The lowest BCUT2D eigenvalue weighted by molar-refractivity contribution is -0.137. The highest BCUT2D eigenvalue weighted by molar-refractivity contribution is 6.04. The van der Waals surface area contributed by atoms with Gasteiger partial charge in [0.15, 0.2) is 0 Å². The summed E-state index contributed by atoms with van der Waals surface area (Å²) in [7, 11) is 0. The van der Waals surface area contributed by atoms with Gasteiger partial charge >= 0.3 is 6.18 Å². The number of hydrogen-bond acceptors (Lipinski definition) is 5. The van der Waals surface area contributed by atoms with Gasteiger partial charge < -0.3 is 15.0 Å². The summed E-state index contributed by atoms with van der Waals surface area (Å²) in [6.07, 6.45) is -1.52. The summed E-state index contributed by atoms with van der Waals surface area (Å²) < 4.78 is 42.8. The molecule has 1 aromatic carbocycles. The van der Waals surface area contributed by atoms with Gasteiger partial charge in [-0.3, -0.25) is 4.79 Å². The van der Waals surface area contributed by atoms with Gasteiger partial charge in [-0.25, -0.2) is 9.97 Å². The van der Waals surface area contributed by atoms with Gasteiger partial charge in [0.1, 0.15) is 0 Å². The van der Waals surface area contributed by atoms with Crippen LogP contribution in [0.2, 0.25) is 0 Å². The minimum absolute atomic E-state index is 0.116. The zero-order valence-corrected chi connectivity index (χ0v) is 13.1. The molecule has 25 heavy (non-hydrogen) atoms. The third-order valence-electron chi connectivity index (χ3n) is 3.66.